The van der Waals surface area contributed by atoms with Crippen LogP contribution in [0.2, 0.25) is 0 Å². The molecule has 6 atom stereocenters. The Morgan fingerprint density at radius 2 is 1.93 bits per heavy atom. The van der Waals surface area contributed by atoms with E-state index < -0.39 is 35.4 Å². The lowest BCUT2D eigenvalue weighted by Crippen LogP contribution is -2.56. The maximum absolute atomic E-state index is 13.2. The number of carbonyl (C=O) groups is 4. The first-order valence-electron chi connectivity index (χ1n) is 14.2. The van der Waals surface area contributed by atoms with Crippen LogP contribution in [0.15, 0.2) is 65.8 Å². The monoisotopic (exact) mass is 549 g/mol. The van der Waals surface area contributed by atoms with Gasteiger partial charge in [0.1, 0.15) is 18.4 Å². The van der Waals surface area contributed by atoms with Crippen molar-refractivity contribution in [3.8, 4) is 0 Å². The molecule has 0 saturated heterocycles. The summed E-state index contributed by atoms with van der Waals surface area (Å²) in [4.78, 5) is 50.8. The summed E-state index contributed by atoms with van der Waals surface area (Å²) < 4.78 is 11.2. The summed E-state index contributed by atoms with van der Waals surface area (Å²) in [5.74, 6) is -1.46. The maximum Gasteiger partial charge on any atom is 0.333 e. The molecule has 0 aromatic heterocycles. The Kier molecular flexibility index (Phi) is 10.8. The van der Waals surface area contributed by atoms with Gasteiger partial charge in [0, 0.05) is 17.0 Å². The summed E-state index contributed by atoms with van der Waals surface area (Å²) >= 11 is 0. The third-order valence-corrected chi connectivity index (χ3v) is 8.42. The number of aldehydes is 1. The minimum Gasteiger partial charge on any atom is -0.468 e. The van der Waals surface area contributed by atoms with Gasteiger partial charge in [-0.2, -0.15) is 0 Å². The molecule has 7 nitrogen and oxygen atoms in total. The normalized spacial score (nSPS) is 26.1. The van der Waals surface area contributed by atoms with Crippen molar-refractivity contribution in [2.75, 3.05) is 7.11 Å². The Bertz CT molecular complexity index is 1170. The number of fused-ring (bicyclic) bond motifs is 1. The number of allylic oxidation sites excluding steroid dienone is 3. The molecule has 2 aliphatic carbocycles. The lowest BCUT2D eigenvalue weighted by atomic mass is 9.58. The number of nitrogens with one attached hydrogen (secondary N) is 1. The fourth-order valence-electron chi connectivity index (χ4n) is 6.03. The lowest BCUT2D eigenvalue weighted by molar-refractivity contribution is -0.145. The third kappa shape index (κ3) is 7.05. The van der Waals surface area contributed by atoms with E-state index in [1.807, 2.05) is 43.3 Å². The highest BCUT2D eigenvalue weighted by molar-refractivity contribution is 6.00. The van der Waals surface area contributed by atoms with E-state index in [1.54, 1.807) is 6.92 Å². The van der Waals surface area contributed by atoms with Gasteiger partial charge in [-0.3, -0.25) is 14.9 Å². The van der Waals surface area contributed by atoms with Crippen LogP contribution in [0.3, 0.4) is 0 Å². The molecule has 1 aromatic rings. The molecule has 1 unspecified atom stereocenters. The van der Waals surface area contributed by atoms with E-state index in [0.29, 0.717) is 36.7 Å². The Balaban J connectivity index is 1.94. The number of unbranched alkanes of at least 4 members (excludes halogenated alkanes) is 1. The highest BCUT2D eigenvalue weighted by atomic mass is 16.5. The molecule has 0 bridgehead atoms. The Labute approximate surface area is 238 Å². The second-order valence-electron chi connectivity index (χ2n) is 11.4. The number of ether oxygens (including phenoxy) is 2. The molecule has 0 radical (unpaired) electrons. The summed E-state index contributed by atoms with van der Waals surface area (Å²) in [5, 5.41) is 3.50. The van der Waals surface area contributed by atoms with Crippen LogP contribution in [0.25, 0.3) is 0 Å². The first kappa shape index (κ1) is 31.2. The van der Waals surface area contributed by atoms with Gasteiger partial charge >= 0.3 is 11.9 Å². The number of benzene rings is 1. The molecule has 1 saturated carbocycles. The zero-order valence-electron chi connectivity index (χ0n) is 24.4. The van der Waals surface area contributed by atoms with E-state index in [4.69, 9.17) is 9.47 Å². The molecule has 2 aliphatic rings. The fourth-order valence-corrected chi connectivity index (χ4v) is 6.03. The SMILES string of the molecule is C=C(C=O)[C@@H]1C[C@@]2(C)C(=CC1=O)[C@H](OC(=O)/C(C)=C/C(C)CCCC)CC[C@@H]2N[C@@H](C(=O)OC)c1ccccc1. The Morgan fingerprint density at radius 3 is 2.55 bits per heavy atom. The molecular weight excluding hydrogens is 506 g/mol. The number of methoxy groups -OCH3 is 1. The standard InChI is InChI=1S/C33H43NO6/c1-7-8-12-21(2)17-22(3)31(37)40-28-15-16-29(34-30(32(38)39-6)24-13-10-9-11-14-24)33(5)19-25(23(4)20-35)27(36)18-26(28)33/h9-11,13-14,17-18,20-21,25,28-30,34H,4,7-8,12,15-16,19H2,1-3,5-6H3/b22-17+/t21?,25-,28+,29-,30+,33-/m0/s1. The van der Waals surface area contributed by atoms with Crippen LogP contribution in [-0.2, 0) is 28.7 Å². The second kappa shape index (κ2) is 13.8. The van der Waals surface area contributed by atoms with Crippen molar-refractivity contribution in [1.29, 1.82) is 0 Å². The van der Waals surface area contributed by atoms with Crippen molar-refractivity contribution in [3.63, 3.8) is 0 Å². The predicted molar refractivity (Wildman–Crippen MR) is 154 cm³/mol. The summed E-state index contributed by atoms with van der Waals surface area (Å²) in [5.41, 5.74) is 1.53. The van der Waals surface area contributed by atoms with Crippen molar-refractivity contribution in [2.24, 2.45) is 17.3 Å². The molecule has 40 heavy (non-hydrogen) atoms. The average molecular weight is 550 g/mol. The molecule has 7 heteroatoms. The van der Waals surface area contributed by atoms with E-state index in [9.17, 15) is 19.2 Å². The number of esters is 2. The quantitative estimate of drug-likeness (QED) is 0.205. The number of hydrogen-bond donors (Lipinski definition) is 1. The molecular formula is C33H43NO6. The van der Waals surface area contributed by atoms with Gasteiger partial charge in [-0.25, -0.2) is 9.59 Å². The number of ketones is 1. The minimum absolute atomic E-state index is 0.215. The number of hydrogen-bond acceptors (Lipinski definition) is 7. The van der Waals surface area contributed by atoms with Gasteiger partial charge in [0.2, 0.25) is 0 Å². The molecule has 1 fully saturated rings. The van der Waals surface area contributed by atoms with Crippen LogP contribution in [0, 0.1) is 17.3 Å². The van der Waals surface area contributed by atoms with Crippen LogP contribution in [0.4, 0.5) is 0 Å². The van der Waals surface area contributed by atoms with Gasteiger partial charge in [0.05, 0.1) is 13.0 Å². The minimum atomic E-state index is -0.728. The topological polar surface area (TPSA) is 98.8 Å². The van der Waals surface area contributed by atoms with Gasteiger partial charge in [-0.05, 0) is 61.3 Å². The van der Waals surface area contributed by atoms with E-state index in [0.717, 1.165) is 24.8 Å². The first-order valence-corrected chi connectivity index (χ1v) is 14.2. The van der Waals surface area contributed by atoms with Crippen LogP contribution >= 0.6 is 0 Å². The summed E-state index contributed by atoms with van der Waals surface area (Å²) in [7, 11) is 1.35. The van der Waals surface area contributed by atoms with Crippen molar-refractivity contribution in [2.45, 2.75) is 84.4 Å². The third-order valence-electron chi connectivity index (χ3n) is 8.42. The van der Waals surface area contributed by atoms with Crippen molar-refractivity contribution >= 4 is 24.0 Å². The fraction of sp³-hybridized carbons (Fsp3) is 0.515. The van der Waals surface area contributed by atoms with Crippen LogP contribution < -0.4 is 5.32 Å². The van der Waals surface area contributed by atoms with E-state index in [1.165, 1.54) is 13.2 Å². The first-order chi connectivity index (χ1) is 19.0. The Morgan fingerprint density at radius 1 is 1.23 bits per heavy atom. The van der Waals surface area contributed by atoms with E-state index in [2.05, 4.69) is 25.7 Å². The number of carbonyl (C=O) groups excluding carboxylic acids is 4. The van der Waals surface area contributed by atoms with Crippen LogP contribution in [0.1, 0.15) is 77.8 Å². The average Bonchev–Trinajstić information content (AvgIpc) is 2.95. The van der Waals surface area contributed by atoms with Gasteiger partial charge in [0.25, 0.3) is 0 Å². The molecule has 1 aromatic carbocycles. The van der Waals surface area contributed by atoms with E-state index >= 15 is 0 Å². The molecule has 0 amide bonds. The number of rotatable bonds is 12. The van der Waals surface area contributed by atoms with Gasteiger partial charge < -0.3 is 9.47 Å². The molecule has 0 aliphatic heterocycles. The highest BCUT2D eigenvalue weighted by Crippen LogP contribution is 2.50. The molecule has 216 valence electrons. The largest absolute Gasteiger partial charge is 0.468 e. The lowest BCUT2D eigenvalue weighted by Gasteiger charge is -2.50. The zero-order valence-corrected chi connectivity index (χ0v) is 24.4. The second-order valence-corrected chi connectivity index (χ2v) is 11.4. The summed E-state index contributed by atoms with van der Waals surface area (Å²) in [6.45, 7) is 11.8. The smallest absolute Gasteiger partial charge is 0.333 e. The van der Waals surface area contributed by atoms with Crippen LogP contribution in [-0.4, -0.2) is 43.3 Å². The van der Waals surface area contributed by atoms with Gasteiger partial charge in [-0.1, -0.05) is 76.6 Å². The highest BCUT2D eigenvalue weighted by Gasteiger charge is 2.51. The van der Waals surface area contributed by atoms with Gasteiger partial charge in [0.15, 0.2) is 5.78 Å². The molecule has 1 N–H and O–H groups in total. The molecule has 3 rings (SSSR count). The molecule has 0 spiro atoms. The summed E-state index contributed by atoms with van der Waals surface area (Å²) in [6, 6.07) is 8.32. The van der Waals surface area contributed by atoms with Crippen molar-refractivity contribution in [3.05, 3.63) is 71.3 Å². The van der Waals surface area contributed by atoms with Crippen molar-refractivity contribution < 1.29 is 28.7 Å². The van der Waals surface area contributed by atoms with Crippen LogP contribution in [0.5, 0.6) is 0 Å². The summed E-state index contributed by atoms with van der Waals surface area (Å²) in [6.07, 6.45) is 8.09. The zero-order chi connectivity index (χ0) is 29.4. The van der Waals surface area contributed by atoms with E-state index in [-0.39, 0.29) is 23.3 Å². The molecule has 0 heterocycles. The predicted octanol–water partition coefficient (Wildman–Crippen LogP) is 5.61. The maximum atomic E-state index is 13.2. The van der Waals surface area contributed by atoms with Gasteiger partial charge in [-0.15, -0.1) is 0 Å². The van der Waals surface area contributed by atoms with Crippen molar-refractivity contribution in [1.82, 2.24) is 5.32 Å². The Hall–Kier alpha value is -3.32.